The van der Waals surface area contributed by atoms with E-state index in [9.17, 15) is 0 Å². The first-order chi connectivity index (χ1) is 8.22. The molecule has 1 aromatic heterocycles. The molecule has 0 radical (unpaired) electrons. The minimum Gasteiger partial charge on any atom is -0.375 e. The van der Waals surface area contributed by atoms with Crippen molar-refractivity contribution in [2.45, 2.75) is 6.92 Å². The lowest BCUT2D eigenvalue weighted by Crippen LogP contribution is -1.79. The highest BCUT2D eigenvalue weighted by Crippen LogP contribution is 2.29. The third kappa shape index (κ3) is 1.89. The average molecular weight is 240 g/mol. The summed E-state index contributed by atoms with van der Waals surface area (Å²) in [6.07, 6.45) is 0. The summed E-state index contributed by atoms with van der Waals surface area (Å²) >= 11 is 1.53. The van der Waals surface area contributed by atoms with Crippen molar-refractivity contribution in [1.29, 1.82) is 0 Å². The first-order valence-electron chi connectivity index (χ1n) is 5.45. The molecule has 0 unspecified atom stereocenters. The summed E-state index contributed by atoms with van der Waals surface area (Å²) in [5.41, 5.74) is 10.4. The Bertz CT molecular complexity index is 668. The fourth-order valence-electron chi connectivity index (χ4n) is 1.87. The van der Waals surface area contributed by atoms with Gasteiger partial charge in [-0.25, -0.2) is 4.98 Å². The summed E-state index contributed by atoms with van der Waals surface area (Å²) < 4.78 is 1.14. The monoisotopic (exact) mass is 240 g/mol. The van der Waals surface area contributed by atoms with Crippen LogP contribution in [-0.4, -0.2) is 4.98 Å². The molecule has 3 heteroatoms. The van der Waals surface area contributed by atoms with E-state index in [1.54, 1.807) is 0 Å². The van der Waals surface area contributed by atoms with Gasteiger partial charge in [0, 0.05) is 0 Å². The molecule has 3 aromatic rings. The molecule has 0 atom stereocenters. The van der Waals surface area contributed by atoms with Crippen LogP contribution in [0.5, 0.6) is 0 Å². The number of nitrogens with zero attached hydrogens (tertiary/aromatic N) is 1. The number of hydrogen-bond acceptors (Lipinski definition) is 3. The van der Waals surface area contributed by atoms with E-state index in [2.05, 4.69) is 48.3 Å². The van der Waals surface area contributed by atoms with E-state index in [0.29, 0.717) is 5.13 Å². The third-order valence-electron chi connectivity index (χ3n) is 2.79. The highest BCUT2D eigenvalue weighted by Gasteiger charge is 2.03. The molecule has 0 spiro atoms. The molecule has 0 saturated carbocycles. The second-order valence-corrected chi connectivity index (χ2v) is 5.16. The van der Waals surface area contributed by atoms with Crippen molar-refractivity contribution in [1.82, 2.24) is 4.98 Å². The Labute approximate surface area is 104 Å². The van der Waals surface area contributed by atoms with Gasteiger partial charge in [-0.2, -0.15) is 0 Å². The maximum atomic E-state index is 5.71. The lowest BCUT2D eigenvalue weighted by atomic mass is 10.0. The molecule has 17 heavy (non-hydrogen) atoms. The van der Waals surface area contributed by atoms with Crippen molar-refractivity contribution < 1.29 is 0 Å². The second kappa shape index (κ2) is 3.86. The first-order valence-corrected chi connectivity index (χ1v) is 6.27. The van der Waals surface area contributed by atoms with E-state index < -0.39 is 0 Å². The molecule has 0 amide bonds. The molecule has 3 rings (SSSR count). The van der Waals surface area contributed by atoms with Crippen molar-refractivity contribution >= 4 is 26.7 Å². The Kier molecular flexibility index (Phi) is 2.34. The summed E-state index contributed by atoms with van der Waals surface area (Å²) in [5, 5.41) is 0.626. The van der Waals surface area contributed by atoms with Crippen LogP contribution in [0, 0.1) is 6.92 Å². The van der Waals surface area contributed by atoms with Crippen molar-refractivity contribution in [3.05, 3.63) is 48.0 Å². The van der Waals surface area contributed by atoms with E-state index in [1.807, 2.05) is 6.07 Å². The Balaban J connectivity index is 2.13. The number of benzene rings is 2. The van der Waals surface area contributed by atoms with E-state index in [4.69, 9.17) is 5.73 Å². The summed E-state index contributed by atoms with van der Waals surface area (Å²) in [7, 11) is 0. The number of hydrogen-bond donors (Lipinski definition) is 1. The van der Waals surface area contributed by atoms with Gasteiger partial charge in [0.1, 0.15) is 0 Å². The van der Waals surface area contributed by atoms with Gasteiger partial charge in [0.25, 0.3) is 0 Å². The highest BCUT2D eigenvalue weighted by molar-refractivity contribution is 7.22. The lowest BCUT2D eigenvalue weighted by Gasteiger charge is -2.01. The van der Waals surface area contributed by atoms with Crippen LogP contribution in [0.25, 0.3) is 21.3 Å². The number of aryl methyl sites for hydroxylation is 1. The van der Waals surface area contributed by atoms with E-state index in [-0.39, 0.29) is 0 Å². The topological polar surface area (TPSA) is 38.9 Å². The molecule has 0 aliphatic carbocycles. The van der Waals surface area contributed by atoms with Crippen LogP contribution < -0.4 is 5.73 Å². The maximum absolute atomic E-state index is 5.71. The van der Waals surface area contributed by atoms with E-state index in [0.717, 1.165) is 10.2 Å². The van der Waals surface area contributed by atoms with Gasteiger partial charge in [-0.05, 0) is 30.2 Å². The van der Waals surface area contributed by atoms with Crippen LogP contribution in [0.3, 0.4) is 0 Å². The number of anilines is 1. The number of thiazole rings is 1. The molecule has 0 fully saturated rings. The van der Waals surface area contributed by atoms with Gasteiger partial charge in [-0.1, -0.05) is 47.2 Å². The standard InChI is InChI=1S/C14H12N2S/c1-9-2-4-10(5-3-9)11-6-7-12-13(8-11)17-14(15)16-12/h2-8H,1H3,(H2,15,16). The second-order valence-electron chi connectivity index (χ2n) is 4.10. The molecule has 0 aliphatic rings. The minimum atomic E-state index is 0.626. The molecule has 1 heterocycles. The molecule has 84 valence electrons. The van der Waals surface area contributed by atoms with Gasteiger partial charge in [-0.3, -0.25) is 0 Å². The average Bonchev–Trinajstić information content (AvgIpc) is 2.69. The molecule has 0 saturated heterocycles. The maximum Gasteiger partial charge on any atom is 0.181 e. The Morgan fingerprint density at radius 2 is 1.71 bits per heavy atom. The fourth-order valence-corrected chi connectivity index (χ4v) is 2.64. The predicted octanol–water partition coefficient (Wildman–Crippen LogP) is 3.85. The molecule has 0 bridgehead atoms. The van der Waals surface area contributed by atoms with Gasteiger partial charge >= 0.3 is 0 Å². The minimum absolute atomic E-state index is 0.626. The summed E-state index contributed by atoms with van der Waals surface area (Å²) in [4.78, 5) is 4.26. The number of aromatic nitrogens is 1. The van der Waals surface area contributed by atoms with Crippen LogP contribution in [0.1, 0.15) is 5.56 Å². The predicted molar refractivity (Wildman–Crippen MR) is 74.2 cm³/mol. The number of nitrogen functional groups attached to an aromatic ring is 1. The molecule has 2 N–H and O–H groups in total. The van der Waals surface area contributed by atoms with Crippen molar-refractivity contribution in [2.75, 3.05) is 5.73 Å². The van der Waals surface area contributed by atoms with E-state index >= 15 is 0 Å². The molecule has 0 aliphatic heterocycles. The highest BCUT2D eigenvalue weighted by atomic mass is 32.1. The van der Waals surface area contributed by atoms with Crippen LogP contribution >= 0.6 is 11.3 Å². The molecular formula is C14H12N2S. The summed E-state index contributed by atoms with van der Waals surface area (Å²) in [5.74, 6) is 0. The van der Waals surface area contributed by atoms with Crippen molar-refractivity contribution in [2.24, 2.45) is 0 Å². The summed E-state index contributed by atoms with van der Waals surface area (Å²) in [6, 6.07) is 14.8. The fraction of sp³-hybridized carbons (Fsp3) is 0.0714. The third-order valence-corrected chi connectivity index (χ3v) is 3.64. The van der Waals surface area contributed by atoms with Gasteiger partial charge in [0.15, 0.2) is 5.13 Å². The zero-order valence-corrected chi connectivity index (χ0v) is 10.3. The zero-order valence-electron chi connectivity index (χ0n) is 9.47. The van der Waals surface area contributed by atoms with Crippen LogP contribution in [0.15, 0.2) is 42.5 Å². The number of rotatable bonds is 1. The van der Waals surface area contributed by atoms with Gasteiger partial charge in [-0.15, -0.1) is 0 Å². The number of fused-ring (bicyclic) bond motifs is 1. The van der Waals surface area contributed by atoms with Gasteiger partial charge < -0.3 is 5.73 Å². The normalized spacial score (nSPS) is 10.9. The van der Waals surface area contributed by atoms with Gasteiger partial charge in [0.05, 0.1) is 10.2 Å². The van der Waals surface area contributed by atoms with Crippen molar-refractivity contribution in [3.63, 3.8) is 0 Å². The summed E-state index contributed by atoms with van der Waals surface area (Å²) in [6.45, 7) is 2.09. The Morgan fingerprint density at radius 3 is 2.47 bits per heavy atom. The Morgan fingerprint density at radius 1 is 1.00 bits per heavy atom. The van der Waals surface area contributed by atoms with Crippen molar-refractivity contribution in [3.8, 4) is 11.1 Å². The lowest BCUT2D eigenvalue weighted by molar-refractivity contribution is 1.47. The molecule has 2 nitrogen and oxygen atoms in total. The van der Waals surface area contributed by atoms with Crippen LogP contribution in [-0.2, 0) is 0 Å². The van der Waals surface area contributed by atoms with Crippen LogP contribution in [0.4, 0.5) is 5.13 Å². The quantitative estimate of drug-likeness (QED) is 0.701. The SMILES string of the molecule is Cc1ccc(-c2ccc3nc(N)sc3c2)cc1. The molecule has 2 aromatic carbocycles. The smallest absolute Gasteiger partial charge is 0.181 e. The Hall–Kier alpha value is -1.87. The first kappa shape index (κ1) is 10.3. The molecular weight excluding hydrogens is 228 g/mol. The van der Waals surface area contributed by atoms with Crippen LogP contribution in [0.2, 0.25) is 0 Å². The zero-order chi connectivity index (χ0) is 11.8. The number of nitrogens with two attached hydrogens (primary N) is 1. The largest absolute Gasteiger partial charge is 0.375 e. The van der Waals surface area contributed by atoms with Gasteiger partial charge in [0.2, 0.25) is 0 Å². The van der Waals surface area contributed by atoms with E-state index in [1.165, 1.54) is 28.0 Å².